The molecule has 0 N–H and O–H groups in total. The number of hydrogen-bond donors (Lipinski definition) is 0. The van der Waals surface area contributed by atoms with Gasteiger partial charge in [0.15, 0.2) is 5.65 Å². The topological polar surface area (TPSA) is 35.6 Å². The Kier molecular flexibility index (Phi) is 3.46. The predicted molar refractivity (Wildman–Crippen MR) is 86.6 cm³/mol. The van der Waals surface area contributed by atoms with Gasteiger partial charge < -0.3 is 0 Å². The van der Waals surface area contributed by atoms with Crippen LogP contribution in [0.2, 0.25) is 5.02 Å². The van der Waals surface area contributed by atoms with Crippen LogP contribution >= 0.6 is 23.2 Å². The van der Waals surface area contributed by atoms with Crippen LogP contribution < -0.4 is 0 Å². The summed E-state index contributed by atoms with van der Waals surface area (Å²) in [5.74, 6) is 0.772. The molecule has 0 aliphatic heterocycles. The molecular formula is C15H16Cl2N4. The monoisotopic (exact) mass is 322 g/mol. The third-order valence-electron chi connectivity index (χ3n) is 3.53. The van der Waals surface area contributed by atoms with Crippen molar-refractivity contribution < 1.29 is 0 Å². The van der Waals surface area contributed by atoms with Crippen molar-refractivity contribution in [1.29, 1.82) is 0 Å². The second kappa shape index (κ2) is 5.04. The molecule has 0 spiro atoms. The van der Waals surface area contributed by atoms with Crippen LogP contribution in [0, 0.1) is 13.8 Å². The second-order valence-corrected chi connectivity index (χ2v) is 6.32. The van der Waals surface area contributed by atoms with Crippen LogP contribution in [0.15, 0.2) is 18.2 Å². The predicted octanol–water partition coefficient (Wildman–Crippen LogP) is 4.33. The molecule has 3 rings (SSSR count). The van der Waals surface area contributed by atoms with Gasteiger partial charge >= 0.3 is 0 Å². The molecule has 0 radical (unpaired) electrons. The molecule has 1 aromatic carbocycles. The van der Waals surface area contributed by atoms with Crippen molar-refractivity contribution in [3.63, 3.8) is 0 Å². The van der Waals surface area contributed by atoms with E-state index < -0.39 is 0 Å². The van der Waals surface area contributed by atoms with E-state index in [-0.39, 0.29) is 5.38 Å². The first-order chi connectivity index (χ1) is 9.90. The van der Waals surface area contributed by atoms with E-state index in [0.717, 1.165) is 33.9 Å². The Balaban J connectivity index is 2.41. The van der Waals surface area contributed by atoms with Gasteiger partial charge in [-0.25, -0.2) is 9.67 Å². The van der Waals surface area contributed by atoms with Gasteiger partial charge in [-0.05, 0) is 38.5 Å². The number of rotatable bonds is 2. The number of alkyl halides is 1. The molecule has 4 nitrogen and oxygen atoms in total. The average molecular weight is 323 g/mol. The minimum absolute atomic E-state index is 0.228. The average Bonchev–Trinajstić information content (AvgIpc) is 2.90. The highest BCUT2D eigenvalue weighted by molar-refractivity contribution is 6.32. The van der Waals surface area contributed by atoms with Crippen molar-refractivity contribution >= 4 is 34.4 Å². The molecule has 0 aliphatic carbocycles. The fourth-order valence-electron chi connectivity index (χ4n) is 2.59. The molecule has 21 heavy (non-hydrogen) atoms. The Bertz CT molecular complexity index is 830. The quantitative estimate of drug-likeness (QED) is 0.658. The van der Waals surface area contributed by atoms with Crippen molar-refractivity contribution in [1.82, 2.24) is 19.3 Å². The third-order valence-corrected chi connectivity index (χ3v) is 4.03. The highest BCUT2D eigenvalue weighted by Crippen LogP contribution is 2.32. The first-order valence-electron chi connectivity index (χ1n) is 6.72. The van der Waals surface area contributed by atoms with Gasteiger partial charge in [0.1, 0.15) is 11.3 Å². The van der Waals surface area contributed by atoms with Crippen LogP contribution in [0.25, 0.3) is 16.9 Å². The lowest BCUT2D eigenvalue weighted by molar-refractivity contribution is 0.748. The van der Waals surface area contributed by atoms with Gasteiger partial charge in [0, 0.05) is 7.05 Å². The van der Waals surface area contributed by atoms with E-state index in [1.807, 2.05) is 55.3 Å². The lowest BCUT2D eigenvalue weighted by atomic mass is 10.2. The molecule has 0 aliphatic rings. The molecule has 0 fully saturated rings. The number of imidazole rings is 1. The molecule has 0 saturated carbocycles. The highest BCUT2D eigenvalue weighted by atomic mass is 35.5. The Morgan fingerprint density at radius 3 is 2.57 bits per heavy atom. The number of aryl methyl sites for hydroxylation is 3. The van der Waals surface area contributed by atoms with Crippen LogP contribution in [0.3, 0.4) is 0 Å². The molecule has 0 amide bonds. The molecule has 1 unspecified atom stereocenters. The van der Waals surface area contributed by atoms with Crippen molar-refractivity contribution in [3.05, 3.63) is 40.3 Å². The van der Waals surface area contributed by atoms with Gasteiger partial charge in [0.05, 0.1) is 21.8 Å². The van der Waals surface area contributed by atoms with Crippen LogP contribution in [0.5, 0.6) is 0 Å². The minimum Gasteiger partial charge on any atom is -0.278 e. The van der Waals surface area contributed by atoms with E-state index in [0.29, 0.717) is 5.02 Å². The molecular weight excluding hydrogens is 307 g/mol. The fraction of sp³-hybridized carbons (Fsp3) is 0.333. The second-order valence-electron chi connectivity index (χ2n) is 5.26. The summed E-state index contributed by atoms with van der Waals surface area (Å²) in [5.41, 5.74) is 4.63. The van der Waals surface area contributed by atoms with E-state index in [4.69, 9.17) is 23.2 Å². The molecule has 2 heterocycles. The summed E-state index contributed by atoms with van der Waals surface area (Å²) >= 11 is 12.8. The SMILES string of the molecule is Cc1ccc(-n2c(C(C)Cl)nc3c(C)nn(C)c32)c(Cl)c1. The third kappa shape index (κ3) is 2.23. The maximum atomic E-state index is 6.44. The zero-order valence-electron chi connectivity index (χ0n) is 12.4. The summed E-state index contributed by atoms with van der Waals surface area (Å²) < 4.78 is 3.81. The van der Waals surface area contributed by atoms with Gasteiger partial charge in [-0.1, -0.05) is 17.7 Å². The molecule has 6 heteroatoms. The maximum absolute atomic E-state index is 6.44. The highest BCUT2D eigenvalue weighted by Gasteiger charge is 2.22. The first kappa shape index (κ1) is 14.4. The van der Waals surface area contributed by atoms with E-state index in [1.54, 1.807) is 0 Å². The summed E-state index contributed by atoms with van der Waals surface area (Å²) in [5, 5.41) is 4.88. The number of nitrogens with zero attached hydrogens (tertiary/aromatic N) is 4. The molecule has 110 valence electrons. The molecule has 1 atom stereocenters. The van der Waals surface area contributed by atoms with Crippen LogP contribution in [0.4, 0.5) is 0 Å². The number of halogens is 2. The van der Waals surface area contributed by atoms with E-state index >= 15 is 0 Å². The Labute approximate surface area is 133 Å². The van der Waals surface area contributed by atoms with Crippen LogP contribution in [-0.4, -0.2) is 19.3 Å². The first-order valence-corrected chi connectivity index (χ1v) is 7.54. The van der Waals surface area contributed by atoms with Crippen LogP contribution in [0.1, 0.15) is 29.4 Å². The number of aromatic nitrogens is 4. The Hall–Kier alpha value is -1.52. The smallest absolute Gasteiger partial charge is 0.163 e. The van der Waals surface area contributed by atoms with Crippen molar-refractivity contribution in [2.45, 2.75) is 26.1 Å². The molecule has 0 saturated heterocycles. The zero-order chi connectivity index (χ0) is 15.3. The normalized spacial score (nSPS) is 13.0. The molecule has 0 bridgehead atoms. The summed E-state index contributed by atoms with van der Waals surface area (Å²) in [4.78, 5) is 4.66. The summed E-state index contributed by atoms with van der Waals surface area (Å²) in [6, 6.07) is 5.96. The summed E-state index contributed by atoms with van der Waals surface area (Å²) in [6.07, 6.45) is 0. The lowest BCUT2D eigenvalue weighted by Gasteiger charge is -2.13. The maximum Gasteiger partial charge on any atom is 0.163 e. The molecule has 2 aromatic heterocycles. The van der Waals surface area contributed by atoms with Gasteiger partial charge in [-0.15, -0.1) is 11.6 Å². The van der Waals surface area contributed by atoms with Gasteiger partial charge in [-0.3, -0.25) is 4.57 Å². The van der Waals surface area contributed by atoms with Gasteiger partial charge in [-0.2, -0.15) is 5.10 Å². The van der Waals surface area contributed by atoms with Crippen molar-refractivity contribution in [2.24, 2.45) is 7.05 Å². The standard InChI is InChI=1S/C15H16Cl2N4/c1-8-5-6-12(11(17)7-8)21-14(9(2)16)18-13-10(3)19-20(4)15(13)21/h5-7,9H,1-4H3. The Morgan fingerprint density at radius 1 is 1.24 bits per heavy atom. The van der Waals surface area contributed by atoms with E-state index in [1.165, 1.54) is 0 Å². The largest absolute Gasteiger partial charge is 0.278 e. The van der Waals surface area contributed by atoms with Crippen LogP contribution in [-0.2, 0) is 7.05 Å². The molecule has 3 aromatic rings. The summed E-state index contributed by atoms with van der Waals surface area (Å²) in [7, 11) is 1.90. The lowest BCUT2D eigenvalue weighted by Crippen LogP contribution is -2.06. The Morgan fingerprint density at radius 2 is 1.95 bits per heavy atom. The number of benzene rings is 1. The fourth-order valence-corrected chi connectivity index (χ4v) is 3.05. The summed E-state index contributed by atoms with van der Waals surface area (Å²) in [6.45, 7) is 5.86. The van der Waals surface area contributed by atoms with Crippen molar-refractivity contribution in [2.75, 3.05) is 0 Å². The van der Waals surface area contributed by atoms with E-state index in [2.05, 4.69) is 10.1 Å². The number of hydrogen-bond acceptors (Lipinski definition) is 2. The van der Waals surface area contributed by atoms with E-state index in [9.17, 15) is 0 Å². The number of fused-ring (bicyclic) bond motifs is 1. The zero-order valence-corrected chi connectivity index (χ0v) is 13.9. The minimum atomic E-state index is -0.228. The van der Waals surface area contributed by atoms with Gasteiger partial charge in [0.25, 0.3) is 0 Å². The van der Waals surface area contributed by atoms with Crippen molar-refractivity contribution in [3.8, 4) is 5.69 Å². The van der Waals surface area contributed by atoms with Gasteiger partial charge in [0.2, 0.25) is 0 Å².